The van der Waals surface area contributed by atoms with Crippen molar-refractivity contribution in [3.05, 3.63) is 93.8 Å². The van der Waals surface area contributed by atoms with Gasteiger partial charge in [0.1, 0.15) is 17.5 Å². The Labute approximate surface area is 238 Å². The molecule has 0 radical (unpaired) electrons. The molecular formula is C29H25ClF2N6O3. The van der Waals surface area contributed by atoms with E-state index in [-0.39, 0.29) is 11.7 Å². The van der Waals surface area contributed by atoms with Gasteiger partial charge in [-0.3, -0.25) is 19.1 Å². The van der Waals surface area contributed by atoms with Crippen LogP contribution in [0.3, 0.4) is 0 Å². The van der Waals surface area contributed by atoms with Gasteiger partial charge in [0.2, 0.25) is 5.91 Å². The predicted molar refractivity (Wildman–Crippen MR) is 152 cm³/mol. The third-order valence-corrected chi connectivity index (χ3v) is 6.85. The van der Waals surface area contributed by atoms with E-state index in [9.17, 15) is 18.4 Å². The van der Waals surface area contributed by atoms with E-state index in [4.69, 9.17) is 16.3 Å². The molecule has 0 aliphatic heterocycles. The Morgan fingerprint density at radius 1 is 1.07 bits per heavy atom. The molecule has 210 valence electrons. The number of ether oxygens (including phenoxy) is 1. The largest absolute Gasteiger partial charge is 0.495 e. The van der Waals surface area contributed by atoms with Gasteiger partial charge in [-0.05, 0) is 55.8 Å². The molecule has 0 aliphatic rings. The van der Waals surface area contributed by atoms with Crippen LogP contribution in [-0.4, -0.2) is 37.6 Å². The first-order chi connectivity index (χ1) is 19.7. The van der Waals surface area contributed by atoms with Crippen molar-refractivity contribution in [2.75, 3.05) is 12.4 Å². The van der Waals surface area contributed by atoms with E-state index in [1.807, 2.05) is 31.2 Å². The molecule has 9 nitrogen and oxygen atoms in total. The highest BCUT2D eigenvalue weighted by molar-refractivity contribution is 6.31. The van der Waals surface area contributed by atoms with Crippen LogP contribution in [0, 0.1) is 6.92 Å². The first-order valence-corrected chi connectivity index (χ1v) is 13.1. The third-order valence-electron chi connectivity index (χ3n) is 6.62. The SMILES string of the molecule is CCC(C(=O)Nc1ccc2nc(C)ccc2c1)n1cc(OC)c(-c2cc(Cl)ccc2-n2cc(C(F)F)nn2)cc1=O. The lowest BCUT2D eigenvalue weighted by Gasteiger charge is -2.21. The molecule has 12 heteroatoms. The maximum Gasteiger partial charge on any atom is 0.283 e. The number of nitrogens with zero attached hydrogens (tertiary/aromatic N) is 5. The van der Waals surface area contributed by atoms with Crippen LogP contribution < -0.4 is 15.6 Å². The molecule has 0 saturated carbocycles. The summed E-state index contributed by atoms with van der Waals surface area (Å²) < 4.78 is 34.4. The lowest BCUT2D eigenvalue weighted by atomic mass is 10.0. The summed E-state index contributed by atoms with van der Waals surface area (Å²) >= 11 is 6.27. The van der Waals surface area contributed by atoms with Crippen LogP contribution in [-0.2, 0) is 4.79 Å². The number of carbonyl (C=O) groups is 1. The Morgan fingerprint density at radius 3 is 2.59 bits per heavy atom. The van der Waals surface area contributed by atoms with Crippen LogP contribution in [0.15, 0.2) is 71.8 Å². The zero-order chi connectivity index (χ0) is 29.3. The number of nitrogens with one attached hydrogen (secondary N) is 1. The van der Waals surface area contributed by atoms with Crippen LogP contribution in [0.2, 0.25) is 5.02 Å². The first-order valence-electron chi connectivity index (χ1n) is 12.7. The number of halogens is 3. The van der Waals surface area contributed by atoms with E-state index in [2.05, 4.69) is 20.6 Å². The quantitative estimate of drug-likeness (QED) is 0.237. The number of methoxy groups -OCH3 is 1. The molecule has 1 atom stereocenters. The molecule has 0 aliphatic carbocycles. The Morgan fingerprint density at radius 2 is 1.88 bits per heavy atom. The summed E-state index contributed by atoms with van der Waals surface area (Å²) in [7, 11) is 1.42. The number of carbonyl (C=O) groups excluding carboxylic acids is 1. The fraction of sp³-hybridized carbons (Fsp3) is 0.207. The first kappa shape index (κ1) is 27.9. The monoisotopic (exact) mass is 578 g/mol. The fourth-order valence-electron chi connectivity index (χ4n) is 4.60. The van der Waals surface area contributed by atoms with Gasteiger partial charge >= 0.3 is 0 Å². The summed E-state index contributed by atoms with van der Waals surface area (Å²) in [5.74, 6) is -0.116. The highest BCUT2D eigenvalue weighted by Gasteiger charge is 2.24. The second kappa shape index (κ2) is 11.5. The number of anilines is 1. The average molecular weight is 579 g/mol. The van der Waals surface area contributed by atoms with E-state index >= 15 is 0 Å². The van der Waals surface area contributed by atoms with Crippen LogP contribution in [0.1, 0.15) is 37.2 Å². The molecule has 0 fully saturated rings. The normalized spacial score (nSPS) is 12.1. The summed E-state index contributed by atoms with van der Waals surface area (Å²) in [6.45, 7) is 3.70. The van der Waals surface area contributed by atoms with Crippen LogP contribution in [0.5, 0.6) is 5.75 Å². The zero-order valence-corrected chi connectivity index (χ0v) is 23.1. The van der Waals surface area contributed by atoms with E-state index in [1.54, 1.807) is 31.2 Å². The Bertz CT molecular complexity index is 1820. The van der Waals surface area contributed by atoms with Gasteiger partial charge in [-0.2, -0.15) is 0 Å². The van der Waals surface area contributed by atoms with Gasteiger partial charge < -0.3 is 10.1 Å². The van der Waals surface area contributed by atoms with Gasteiger partial charge in [-0.1, -0.05) is 29.8 Å². The van der Waals surface area contributed by atoms with Gasteiger partial charge in [0.25, 0.3) is 12.0 Å². The number of amides is 1. The number of pyridine rings is 2. The van der Waals surface area contributed by atoms with Crippen molar-refractivity contribution in [2.24, 2.45) is 0 Å². The van der Waals surface area contributed by atoms with Gasteiger partial charge in [0.05, 0.1) is 30.7 Å². The molecular weight excluding hydrogens is 554 g/mol. The molecule has 1 unspecified atom stereocenters. The molecule has 0 spiro atoms. The average Bonchev–Trinajstić information content (AvgIpc) is 3.45. The minimum atomic E-state index is -2.80. The second-order valence-corrected chi connectivity index (χ2v) is 9.76. The molecule has 3 aromatic heterocycles. The van der Waals surface area contributed by atoms with Crippen molar-refractivity contribution in [3.8, 4) is 22.6 Å². The fourth-order valence-corrected chi connectivity index (χ4v) is 4.77. The lowest BCUT2D eigenvalue weighted by Crippen LogP contribution is -2.32. The molecule has 5 rings (SSSR count). The molecule has 0 bridgehead atoms. The number of hydrogen-bond acceptors (Lipinski definition) is 6. The number of aromatic nitrogens is 5. The summed E-state index contributed by atoms with van der Waals surface area (Å²) in [6, 6.07) is 14.4. The lowest BCUT2D eigenvalue weighted by molar-refractivity contribution is -0.119. The number of alkyl halides is 2. The van der Waals surface area contributed by atoms with Crippen LogP contribution in [0.25, 0.3) is 27.7 Å². The second-order valence-electron chi connectivity index (χ2n) is 9.32. The maximum atomic E-state index is 13.4. The number of benzene rings is 2. The highest BCUT2D eigenvalue weighted by Crippen LogP contribution is 2.36. The number of rotatable bonds is 8. The summed E-state index contributed by atoms with van der Waals surface area (Å²) in [4.78, 5) is 31.3. The van der Waals surface area contributed by atoms with Gasteiger partial charge in [0, 0.05) is 39.0 Å². The standard InChI is InChI=1S/C29H25ClF2N6O3/c1-4-24(29(40)34-19-8-9-22-17(11-19)6-5-16(2)33-22)37-15-26(41-3)21(13-27(37)39)20-12-18(30)7-10-25(20)38-14-23(28(31)32)35-36-38/h5-15,24,28H,4H2,1-3H3,(H,34,40). The smallest absolute Gasteiger partial charge is 0.283 e. The summed E-state index contributed by atoms with van der Waals surface area (Å²) in [6.07, 6.45) is 0.0766. The van der Waals surface area contributed by atoms with Gasteiger partial charge in [-0.15, -0.1) is 5.10 Å². The van der Waals surface area contributed by atoms with Crippen LogP contribution in [0.4, 0.5) is 14.5 Å². The third kappa shape index (κ3) is 5.66. The molecule has 1 amide bonds. The Hall–Kier alpha value is -4.64. The van der Waals surface area contributed by atoms with E-state index in [0.717, 1.165) is 22.8 Å². The number of hydrogen-bond donors (Lipinski definition) is 1. The van der Waals surface area contributed by atoms with Gasteiger partial charge in [-0.25, -0.2) is 13.5 Å². The topological polar surface area (TPSA) is 104 Å². The molecule has 3 heterocycles. The molecule has 0 saturated heterocycles. The van der Waals surface area contributed by atoms with Crippen LogP contribution >= 0.6 is 11.6 Å². The van der Waals surface area contributed by atoms with Gasteiger partial charge in [0.15, 0.2) is 0 Å². The van der Waals surface area contributed by atoms with Crippen molar-refractivity contribution in [1.29, 1.82) is 0 Å². The van der Waals surface area contributed by atoms with E-state index in [0.29, 0.717) is 33.9 Å². The maximum absolute atomic E-state index is 13.4. The Balaban J connectivity index is 1.51. The molecule has 1 N–H and O–H groups in total. The number of aryl methyl sites for hydroxylation is 1. The summed E-state index contributed by atoms with van der Waals surface area (Å²) in [5, 5.41) is 11.4. The predicted octanol–water partition coefficient (Wildman–Crippen LogP) is 6.14. The van der Waals surface area contributed by atoms with Crippen molar-refractivity contribution in [1.82, 2.24) is 24.5 Å². The van der Waals surface area contributed by atoms with E-state index in [1.165, 1.54) is 28.6 Å². The Kier molecular flexibility index (Phi) is 7.80. The van der Waals surface area contributed by atoms with E-state index < -0.39 is 23.7 Å². The molecule has 5 aromatic rings. The minimum Gasteiger partial charge on any atom is -0.495 e. The van der Waals surface area contributed by atoms with Crippen molar-refractivity contribution < 1.29 is 18.3 Å². The van der Waals surface area contributed by atoms with Crippen molar-refractivity contribution >= 4 is 34.1 Å². The summed E-state index contributed by atoms with van der Waals surface area (Å²) in [5.41, 5.74) is 2.40. The zero-order valence-electron chi connectivity index (χ0n) is 22.3. The molecule has 2 aromatic carbocycles. The van der Waals surface area contributed by atoms with Crippen molar-refractivity contribution in [3.63, 3.8) is 0 Å². The number of fused-ring (bicyclic) bond motifs is 1. The highest BCUT2D eigenvalue weighted by atomic mass is 35.5. The van der Waals surface area contributed by atoms with Crippen molar-refractivity contribution in [2.45, 2.75) is 32.7 Å². The molecule has 41 heavy (non-hydrogen) atoms. The minimum absolute atomic E-state index is 0.265.